The lowest BCUT2D eigenvalue weighted by Gasteiger charge is -2.15. The van der Waals surface area contributed by atoms with Crippen LogP contribution in [0.25, 0.3) is 43.1 Å². The number of pyridine rings is 2. The van der Waals surface area contributed by atoms with Crippen molar-refractivity contribution in [3.05, 3.63) is 113 Å². The summed E-state index contributed by atoms with van der Waals surface area (Å²) in [5.74, 6) is -4.36. The maximum absolute atomic E-state index is 15.3. The molecule has 0 aliphatic heterocycles. The van der Waals surface area contributed by atoms with Crippen LogP contribution in [0.5, 0.6) is 17.6 Å². The molecule has 0 saturated carbocycles. The maximum atomic E-state index is 15.3. The van der Waals surface area contributed by atoms with E-state index < -0.39 is 52.6 Å². The molecule has 1 amide bonds. The Balaban J connectivity index is 1.30. The summed E-state index contributed by atoms with van der Waals surface area (Å²) >= 11 is 1.28. The molecule has 0 aliphatic carbocycles. The molecule has 288 valence electrons. The van der Waals surface area contributed by atoms with E-state index in [2.05, 4.69) is 30.5 Å². The van der Waals surface area contributed by atoms with Gasteiger partial charge in [0, 0.05) is 39.6 Å². The number of carbonyl (C=O) groups excluding carboxylic acids is 2. The van der Waals surface area contributed by atoms with Crippen LogP contribution in [0.2, 0.25) is 0 Å². The summed E-state index contributed by atoms with van der Waals surface area (Å²) in [7, 11) is 2.63. The minimum absolute atomic E-state index is 0.0140. The first-order valence-electron chi connectivity index (χ1n) is 16.3. The van der Waals surface area contributed by atoms with Gasteiger partial charge in [0.25, 0.3) is 11.8 Å². The zero-order valence-electron chi connectivity index (χ0n) is 29.0. The number of alkyl halides is 6. The summed E-state index contributed by atoms with van der Waals surface area (Å²) in [6.45, 7) is 0. The van der Waals surface area contributed by atoms with Crippen molar-refractivity contribution in [3.63, 3.8) is 0 Å². The zero-order valence-corrected chi connectivity index (χ0v) is 29.8. The van der Waals surface area contributed by atoms with Gasteiger partial charge in [0.1, 0.15) is 11.1 Å². The summed E-state index contributed by atoms with van der Waals surface area (Å²) in [5, 5.41) is 11.0. The normalized spacial score (nSPS) is 12.0. The molecule has 1 N–H and O–H groups in total. The molecule has 3 aromatic carbocycles. The van der Waals surface area contributed by atoms with Gasteiger partial charge >= 0.3 is 18.3 Å². The largest absolute Gasteiger partial charge is 0.481 e. The molecule has 0 spiro atoms. The number of amides is 1. The highest BCUT2D eigenvalue weighted by atomic mass is 32.1. The third-order valence-corrected chi connectivity index (χ3v) is 9.53. The van der Waals surface area contributed by atoms with Gasteiger partial charge in [0.05, 0.1) is 47.5 Å². The molecule has 57 heavy (non-hydrogen) atoms. The van der Waals surface area contributed by atoms with Crippen molar-refractivity contribution in [2.24, 2.45) is 0 Å². The minimum Gasteiger partial charge on any atom is -0.481 e. The minimum atomic E-state index is -5.37. The number of nitrogens with zero attached hydrogens (tertiary/aromatic N) is 7. The number of nitrogens with one attached hydrogen (secondary N) is 1. The third-order valence-electron chi connectivity index (χ3n) is 8.72. The standard InChI is InChI=1S/C37H22F6N8O5S/c1-54-32-21-5-3-7-25(19(21)11-13-44-32)50-29(36(38,39)40)23(16-47-50)35(53)56-34-28(31(52)48-18-9-10-27-24(15-18)46-17-57-27)30(37(41,42)43)51(49-34)26-8-4-6-22-20(26)12-14-45-33(22)55-2/h3-17H,1-2H3,(H,48,52). The van der Waals surface area contributed by atoms with Crippen molar-refractivity contribution < 1.29 is 50.1 Å². The number of fused-ring (bicyclic) bond motifs is 3. The highest BCUT2D eigenvalue weighted by Gasteiger charge is 2.46. The van der Waals surface area contributed by atoms with E-state index in [1.165, 1.54) is 98.1 Å². The number of thiazole rings is 1. The Bertz CT molecular complexity index is 2890. The lowest BCUT2D eigenvalue weighted by atomic mass is 10.1. The number of aromatic nitrogens is 7. The molecule has 0 radical (unpaired) electrons. The van der Waals surface area contributed by atoms with Crippen molar-refractivity contribution >= 4 is 60.7 Å². The van der Waals surface area contributed by atoms with Gasteiger partial charge in [0.2, 0.25) is 11.8 Å². The molecule has 0 unspecified atom stereocenters. The Morgan fingerprint density at radius 3 is 1.93 bits per heavy atom. The van der Waals surface area contributed by atoms with Crippen LogP contribution in [0.3, 0.4) is 0 Å². The van der Waals surface area contributed by atoms with Gasteiger partial charge in [-0.05, 0) is 54.6 Å². The summed E-state index contributed by atoms with van der Waals surface area (Å²) in [6, 6.07) is 15.6. The second-order valence-electron chi connectivity index (χ2n) is 12.0. The monoisotopic (exact) mass is 804 g/mol. The lowest BCUT2D eigenvalue weighted by Crippen LogP contribution is -2.22. The number of methoxy groups -OCH3 is 2. The maximum Gasteiger partial charge on any atom is 0.434 e. The number of hydrogen-bond donors (Lipinski definition) is 1. The van der Waals surface area contributed by atoms with Crippen molar-refractivity contribution in [2.45, 2.75) is 12.4 Å². The smallest absolute Gasteiger partial charge is 0.434 e. The molecule has 0 bridgehead atoms. The number of ether oxygens (including phenoxy) is 3. The highest BCUT2D eigenvalue weighted by molar-refractivity contribution is 7.16. The number of halogens is 6. The predicted molar refractivity (Wildman–Crippen MR) is 193 cm³/mol. The van der Waals surface area contributed by atoms with Crippen LogP contribution in [0, 0.1) is 0 Å². The van der Waals surface area contributed by atoms with E-state index >= 15 is 13.2 Å². The Kier molecular flexibility index (Phi) is 8.98. The van der Waals surface area contributed by atoms with Gasteiger partial charge in [-0.1, -0.05) is 12.1 Å². The van der Waals surface area contributed by atoms with Crippen LogP contribution in [0.1, 0.15) is 32.1 Å². The Morgan fingerprint density at radius 1 is 0.719 bits per heavy atom. The zero-order chi connectivity index (χ0) is 40.2. The van der Waals surface area contributed by atoms with Crippen LogP contribution in [-0.2, 0) is 12.4 Å². The number of anilines is 1. The van der Waals surface area contributed by atoms with Gasteiger partial charge in [-0.3, -0.25) is 4.79 Å². The molecule has 8 rings (SSSR count). The van der Waals surface area contributed by atoms with E-state index in [1.54, 1.807) is 12.1 Å². The average Bonchev–Trinajstić information content (AvgIpc) is 3.94. The number of esters is 1. The van der Waals surface area contributed by atoms with E-state index in [1.807, 2.05) is 0 Å². The summed E-state index contributed by atoms with van der Waals surface area (Å²) in [5.41, 5.74) is -4.25. The van der Waals surface area contributed by atoms with Crippen LogP contribution in [0.15, 0.2) is 90.8 Å². The van der Waals surface area contributed by atoms with Crippen LogP contribution in [0.4, 0.5) is 32.0 Å². The molecular weight excluding hydrogens is 783 g/mol. The van der Waals surface area contributed by atoms with E-state index in [-0.39, 0.29) is 45.0 Å². The predicted octanol–water partition coefficient (Wildman–Crippen LogP) is 8.29. The van der Waals surface area contributed by atoms with Crippen molar-refractivity contribution in [3.8, 4) is 29.0 Å². The van der Waals surface area contributed by atoms with E-state index in [9.17, 15) is 22.8 Å². The van der Waals surface area contributed by atoms with Gasteiger partial charge in [-0.2, -0.15) is 31.4 Å². The van der Waals surface area contributed by atoms with Gasteiger partial charge in [-0.15, -0.1) is 16.4 Å². The SMILES string of the molecule is COc1nccc2c(-n3ncc(C(=O)Oc4nn(-c5cccc6c(OC)nccc56)c(C(F)(F)F)c4C(=O)Nc4ccc5scnc5c4)c3C(F)(F)F)cccc12. The van der Waals surface area contributed by atoms with Gasteiger partial charge in [0.15, 0.2) is 11.4 Å². The van der Waals surface area contributed by atoms with E-state index in [0.29, 0.717) is 31.2 Å². The van der Waals surface area contributed by atoms with Crippen LogP contribution in [-0.4, -0.2) is 60.6 Å². The molecule has 8 aromatic rings. The average molecular weight is 805 g/mol. The molecule has 0 saturated heterocycles. The third kappa shape index (κ3) is 6.48. The Labute approximate surface area is 319 Å². The second-order valence-corrected chi connectivity index (χ2v) is 12.9. The highest BCUT2D eigenvalue weighted by Crippen LogP contribution is 2.42. The molecule has 13 nitrogen and oxygen atoms in total. The fourth-order valence-corrected chi connectivity index (χ4v) is 7.02. The van der Waals surface area contributed by atoms with Crippen molar-refractivity contribution in [2.75, 3.05) is 19.5 Å². The van der Waals surface area contributed by atoms with Crippen molar-refractivity contribution in [1.82, 2.24) is 34.5 Å². The Hall–Kier alpha value is -7.09. The van der Waals surface area contributed by atoms with Crippen LogP contribution < -0.4 is 19.5 Å². The molecule has 5 aromatic heterocycles. The number of benzene rings is 3. The molecule has 0 atom stereocenters. The summed E-state index contributed by atoms with van der Waals surface area (Å²) < 4.78 is 108. The number of carbonyl (C=O) groups is 2. The molecule has 0 fully saturated rings. The van der Waals surface area contributed by atoms with Crippen LogP contribution >= 0.6 is 11.3 Å². The number of hydrogen-bond acceptors (Lipinski definition) is 11. The van der Waals surface area contributed by atoms with Crippen molar-refractivity contribution in [1.29, 1.82) is 0 Å². The number of rotatable bonds is 8. The first-order chi connectivity index (χ1) is 27.3. The summed E-state index contributed by atoms with van der Waals surface area (Å²) in [4.78, 5) is 40.1. The van der Waals surface area contributed by atoms with E-state index in [0.717, 1.165) is 0 Å². The Morgan fingerprint density at radius 2 is 1.33 bits per heavy atom. The first kappa shape index (κ1) is 36.9. The first-order valence-corrected chi connectivity index (χ1v) is 17.2. The fraction of sp³-hybridized carbons (Fsp3) is 0.108. The lowest BCUT2D eigenvalue weighted by molar-refractivity contribution is -0.143. The topological polar surface area (TPSA) is 148 Å². The molecule has 5 heterocycles. The molecule has 20 heteroatoms. The summed E-state index contributed by atoms with van der Waals surface area (Å²) in [6.07, 6.45) is -7.52. The fourth-order valence-electron chi connectivity index (χ4n) is 6.36. The molecular formula is C37H22F6N8O5S. The quantitative estimate of drug-likeness (QED) is 0.118. The van der Waals surface area contributed by atoms with E-state index in [4.69, 9.17) is 14.2 Å². The second kappa shape index (κ2) is 13.9. The molecule has 0 aliphatic rings. The van der Waals surface area contributed by atoms with Gasteiger partial charge < -0.3 is 19.5 Å². The van der Waals surface area contributed by atoms with Gasteiger partial charge in [-0.25, -0.2) is 29.1 Å².